The Morgan fingerprint density at radius 3 is 2.38 bits per heavy atom. The van der Waals surface area contributed by atoms with E-state index in [1.807, 2.05) is 44.4 Å². The van der Waals surface area contributed by atoms with Crippen LogP contribution in [-0.4, -0.2) is 50.9 Å². The van der Waals surface area contributed by atoms with Gasteiger partial charge >= 0.3 is 6.09 Å². The van der Waals surface area contributed by atoms with Crippen molar-refractivity contribution in [2.45, 2.75) is 19.3 Å². The summed E-state index contributed by atoms with van der Waals surface area (Å²) >= 11 is 0. The fraction of sp³-hybridized carbons (Fsp3) is 0.381. The Balaban J connectivity index is 2.62. The number of amides is 1. The summed E-state index contributed by atoms with van der Waals surface area (Å²) in [6.07, 6.45) is -0.961. The zero-order chi connectivity index (χ0) is 19.5. The Morgan fingerprint density at radius 1 is 1.15 bits per heavy atom. The maximum Gasteiger partial charge on any atom is 0.523 e. The number of nitrogens with zero attached hydrogens (tertiary/aromatic N) is 2. The minimum absolute atomic E-state index is 0.108. The van der Waals surface area contributed by atoms with Gasteiger partial charge in [-0.25, -0.2) is 0 Å². The number of quaternary nitrogens is 1. The molecule has 1 atom stereocenters. The minimum atomic E-state index is -0.961. The third-order valence-electron chi connectivity index (χ3n) is 4.81. The lowest BCUT2D eigenvalue weighted by Gasteiger charge is -2.32. The first-order chi connectivity index (χ1) is 12.1. The van der Waals surface area contributed by atoms with Gasteiger partial charge in [-0.2, -0.15) is 9.28 Å². The molecule has 5 heteroatoms. The summed E-state index contributed by atoms with van der Waals surface area (Å²) in [5, 5.41) is 10.1. The number of ether oxygens (including phenoxy) is 1. The normalized spacial score (nSPS) is 14.1. The molecule has 2 aromatic carbocycles. The van der Waals surface area contributed by atoms with Crippen LogP contribution in [0.1, 0.15) is 19.4 Å². The maximum atomic E-state index is 12.3. The Bertz CT molecular complexity index is 786. The maximum absolute atomic E-state index is 12.3. The molecule has 26 heavy (non-hydrogen) atoms. The van der Waals surface area contributed by atoms with Gasteiger partial charge in [0.1, 0.15) is 5.69 Å². The van der Waals surface area contributed by atoms with E-state index in [1.54, 1.807) is 26.3 Å². The van der Waals surface area contributed by atoms with E-state index in [4.69, 9.17) is 4.74 Å². The first-order valence-corrected chi connectivity index (χ1v) is 8.62. The van der Waals surface area contributed by atoms with Gasteiger partial charge in [0, 0.05) is 30.2 Å². The van der Waals surface area contributed by atoms with Gasteiger partial charge in [0.05, 0.1) is 14.2 Å². The number of benzene rings is 2. The summed E-state index contributed by atoms with van der Waals surface area (Å²) in [7, 11) is 7.32. The van der Waals surface area contributed by atoms with Gasteiger partial charge in [0.25, 0.3) is 0 Å². The Morgan fingerprint density at radius 2 is 1.81 bits per heavy atom. The minimum Gasteiger partial charge on any atom is -0.491 e. The van der Waals surface area contributed by atoms with Gasteiger partial charge in [0.2, 0.25) is 0 Å². The van der Waals surface area contributed by atoms with Crippen LogP contribution in [-0.2, 0) is 5.41 Å². The van der Waals surface area contributed by atoms with Crippen LogP contribution in [0.25, 0.3) is 0 Å². The molecule has 0 bridgehead atoms. The van der Waals surface area contributed by atoms with Crippen molar-refractivity contribution in [3.8, 4) is 5.75 Å². The highest BCUT2D eigenvalue weighted by atomic mass is 16.5. The summed E-state index contributed by atoms with van der Waals surface area (Å²) in [5.41, 5.74) is 2.27. The predicted octanol–water partition coefficient (Wildman–Crippen LogP) is 4.48. The van der Waals surface area contributed by atoms with Crippen molar-refractivity contribution in [1.29, 1.82) is 0 Å². The Hall–Kier alpha value is -2.37. The molecule has 2 aromatic rings. The van der Waals surface area contributed by atoms with Crippen LogP contribution in [0.5, 0.6) is 5.75 Å². The van der Waals surface area contributed by atoms with E-state index in [9.17, 15) is 9.90 Å². The molecule has 1 unspecified atom stereocenters. The second-order valence-electron chi connectivity index (χ2n) is 7.63. The topological polar surface area (TPSA) is 49.8 Å². The highest BCUT2D eigenvalue weighted by Gasteiger charge is 2.40. The molecule has 0 aromatic heterocycles. The van der Waals surface area contributed by atoms with Gasteiger partial charge < -0.3 is 14.7 Å². The molecule has 0 fully saturated rings. The van der Waals surface area contributed by atoms with E-state index in [0.717, 1.165) is 12.1 Å². The number of hydrogen-bond acceptors (Lipinski definition) is 3. The van der Waals surface area contributed by atoms with Crippen LogP contribution in [0.3, 0.4) is 0 Å². The molecule has 5 nitrogen and oxygen atoms in total. The van der Waals surface area contributed by atoms with Crippen LogP contribution in [0, 0.1) is 0 Å². The monoisotopic (exact) mass is 357 g/mol. The van der Waals surface area contributed by atoms with Gasteiger partial charge in [-0.15, -0.1) is 0 Å². The van der Waals surface area contributed by atoms with Crippen LogP contribution in [0.4, 0.5) is 16.2 Å². The average molecular weight is 357 g/mol. The van der Waals surface area contributed by atoms with Crippen LogP contribution >= 0.6 is 0 Å². The molecule has 1 N–H and O–H groups in total. The van der Waals surface area contributed by atoms with Crippen molar-refractivity contribution < 1.29 is 14.6 Å². The van der Waals surface area contributed by atoms with Crippen molar-refractivity contribution in [2.24, 2.45) is 0 Å². The molecule has 0 spiro atoms. The lowest BCUT2D eigenvalue weighted by atomic mass is 9.84. The number of likely N-dealkylation sites (N-methyl/N-ethyl adjacent to an activating group) is 1. The van der Waals surface area contributed by atoms with E-state index in [2.05, 4.69) is 24.8 Å². The largest absolute Gasteiger partial charge is 0.523 e. The summed E-state index contributed by atoms with van der Waals surface area (Å²) in [6.45, 7) is 5.20. The summed E-state index contributed by atoms with van der Waals surface area (Å²) in [6, 6.07) is 15.1. The lowest BCUT2D eigenvalue weighted by Crippen LogP contribution is -2.45. The summed E-state index contributed by atoms with van der Waals surface area (Å²) < 4.78 is 5.05. The number of carbonyl (C=O) groups is 1. The number of para-hydroxylation sites is 2. The van der Waals surface area contributed by atoms with Crippen LogP contribution in [0.15, 0.2) is 48.5 Å². The molecule has 2 rings (SSSR count). The zero-order valence-corrected chi connectivity index (χ0v) is 16.5. The molecule has 0 aliphatic heterocycles. The fourth-order valence-electron chi connectivity index (χ4n) is 3.44. The van der Waals surface area contributed by atoms with Gasteiger partial charge in [-0.3, -0.25) is 0 Å². The molecule has 0 aliphatic rings. The number of hydrogen-bond donors (Lipinski definition) is 1. The quantitative estimate of drug-likeness (QED) is 0.775. The third kappa shape index (κ3) is 3.74. The van der Waals surface area contributed by atoms with E-state index >= 15 is 0 Å². The molecule has 0 saturated heterocycles. The predicted molar refractivity (Wildman–Crippen MR) is 106 cm³/mol. The van der Waals surface area contributed by atoms with Crippen molar-refractivity contribution in [3.05, 3.63) is 54.1 Å². The van der Waals surface area contributed by atoms with Gasteiger partial charge in [-0.05, 0) is 25.7 Å². The Kier molecular flexibility index (Phi) is 5.74. The highest BCUT2D eigenvalue weighted by Crippen LogP contribution is 2.40. The average Bonchev–Trinajstić information content (AvgIpc) is 2.59. The van der Waals surface area contributed by atoms with Crippen LogP contribution < -0.4 is 9.22 Å². The molecule has 0 saturated carbocycles. The number of methoxy groups -OCH3 is 1. The lowest BCUT2D eigenvalue weighted by molar-refractivity contribution is 0.171. The first-order valence-electron chi connectivity index (χ1n) is 8.62. The molecule has 140 valence electrons. The van der Waals surface area contributed by atoms with E-state index in [-0.39, 0.29) is 9.90 Å². The fourth-order valence-corrected chi connectivity index (χ4v) is 3.44. The van der Waals surface area contributed by atoms with Crippen molar-refractivity contribution >= 4 is 17.5 Å². The smallest absolute Gasteiger partial charge is 0.491 e. The van der Waals surface area contributed by atoms with Gasteiger partial charge in [0.15, 0.2) is 11.4 Å². The standard InChI is InChI=1S/C21H28N2O3/c1-21(2,15-22(3)4)16-10-9-11-17(14-16)23(5,20(24)25)18-12-7-8-13-19(18)26-6/h7-14H,15H2,1-6H3/p+1. The van der Waals surface area contributed by atoms with E-state index in [0.29, 0.717) is 17.1 Å². The van der Waals surface area contributed by atoms with E-state index in [1.165, 1.54) is 0 Å². The highest BCUT2D eigenvalue weighted by molar-refractivity contribution is 5.90. The number of carboxylic acid groups (broad SMARTS) is 1. The first kappa shape index (κ1) is 19.9. The molecule has 0 radical (unpaired) electrons. The molecule has 0 aliphatic carbocycles. The zero-order valence-electron chi connectivity index (χ0n) is 16.5. The van der Waals surface area contributed by atoms with Crippen molar-refractivity contribution in [1.82, 2.24) is 9.38 Å². The third-order valence-corrected chi connectivity index (χ3v) is 4.81. The van der Waals surface area contributed by atoms with Crippen LogP contribution in [0.2, 0.25) is 0 Å². The Labute approximate surface area is 156 Å². The number of rotatable bonds is 6. The molecule has 1 amide bonds. The molecule has 0 heterocycles. The van der Waals surface area contributed by atoms with Crippen molar-refractivity contribution in [2.75, 3.05) is 34.8 Å². The summed E-state index contributed by atoms with van der Waals surface area (Å²) in [4.78, 5) is 14.5. The second kappa shape index (κ2) is 7.48. The summed E-state index contributed by atoms with van der Waals surface area (Å²) in [5.74, 6) is 0.551. The van der Waals surface area contributed by atoms with Crippen molar-refractivity contribution in [3.63, 3.8) is 0 Å². The van der Waals surface area contributed by atoms with Gasteiger partial charge in [-0.1, -0.05) is 38.1 Å². The molecular formula is C21H29N2O3+. The SMILES string of the molecule is COc1ccccc1[N+](C)(C(=O)O)c1cccc(C(C)(C)CN(C)C)c1. The molecular weight excluding hydrogens is 328 g/mol. The van der Waals surface area contributed by atoms with E-state index < -0.39 is 6.09 Å². The second-order valence-corrected chi connectivity index (χ2v) is 7.63.